The van der Waals surface area contributed by atoms with E-state index in [2.05, 4.69) is 15.9 Å². The summed E-state index contributed by atoms with van der Waals surface area (Å²) in [6, 6.07) is 0. The number of carbonyl (C=O) groups excluding carboxylic acids is 1. The number of hydrogen-bond donors (Lipinski definition) is 0. The van der Waals surface area contributed by atoms with Crippen LogP contribution in [-0.4, -0.2) is 17.2 Å². The number of hydrogen-bond acceptors (Lipinski definition) is 3. The van der Waals surface area contributed by atoms with E-state index in [9.17, 15) is 4.79 Å². The minimum Gasteiger partial charge on any atom is -0.443 e. The fourth-order valence-electron chi connectivity index (χ4n) is 0.630. The Bertz CT molecular complexity index is 179. The van der Waals surface area contributed by atoms with Crippen molar-refractivity contribution in [3.63, 3.8) is 0 Å². The molecule has 0 fully saturated rings. The fourth-order valence-corrected chi connectivity index (χ4v) is 1.85. The quantitative estimate of drug-likeness (QED) is 0.669. The van der Waals surface area contributed by atoms with Gasteiger partial charge in [-0.1, -0.05) is 6.92 Å². The molecule has 0 aliphatic carbocycles. The van der Waals surface area contributed by atoms with Gasteiger partial charge in [0.05, 0.1) is 0 Å². The third-order valence-electron chi connectivity index (χ3n) is 1.03. The monoisotopic (exact) mass is 222 g/mol. The molecule has 0 radical (unpaired) electrons. The summed E-state index contributed by atoms with van der Waals surface area (Å²) >= 11 is 4.68. The van der Waals surface area contributed by atoms with Crippen LogP contribution in [0.15, 0.2) is 10.6 Å². The molecule has 1 atom stereocenters. The SMILES string of the molecule is CCSC1C=C(Br)C(=O)O1. The average molecular weight is 223 g/mol. The molecule has 0 aromatic heterocycles. The lowest BCUT2D eigenvalue weighted by atomic mass is 10.6. The summed E-state index contributed by atoms with van der Waals surface area (Å²) in [5.41, 5.74) is -0.0770. The van der Waals surface area contributed by atoms with Gasteiger partial charge in [-0.3, -0.25) is 0 Å². The Morgan fingerprint density at radius 3 is 3.00 bits per heavy atom. The first-order valence-electron chi connectivity index (χ1n) is 2.94. The van der Waals surface area contributed by atoms with Crippen molar-refractivity contribution in [2.75, 3.05) is 5.75 Å². The van der Waals surface area contributed by atoms with Crippen molar-refractivity contribution >= 4 is 33.7 Å². The smallest absolute Gasteiger partial charge is 0.346 e. The summed E-state index contributed by atoms with van der Waals surface area (Å²) in [5, 5.41) is 0. The molecule has 0 saturated heterocycles. The zero-order valence-corrected chi connectivity index (χ0v) is 7.87. The Hall–Kier alpha value is 0.0400. The molecule has 1 heterocycles. The molecule has 1 rings (SSSR count). The second kappa shape index (κ2) is 3.44. The van der Waals surface area contributed by atoms with Gasteiger partial charge >= 0.3 is 5.97 Å². The number of ether oxygens (including phenoxy) is 1. The molecule has 0 amide bonds. The number of halogens is 1. The van der Waals surface area contributed by atoms with Gasteiger partial charge in [0.1, 0.15) is 4.48 Å². The number of rotatable bonds is 2. The van der Waals surface area contributed by atoms with E-state index in [1.165, 1.54) is 0 Å². The summed E-state index contributed by atoms with van der Waals surface area (Å²) in [5.74, 6) is 0.695. The molecule has 56 valence electrons. The van der Waals surface area contributed by atoms with Gasteiger partial charge in [-0.15, -0.1) is 11.8 Å². The maximum absolute atomic E-state index is 10.7. The molecule has 1 unspecified atom stereocenters. The van der Waals surface area contributed by atoms with Gasteiger partial charge < -0.3 is 4.74 Å². The van der Waals surface area contributed by atoms with E-state index in [-0.39, 0.29) is 11.4 Å². The van der Waals surface area contributed by atoms with Crippen LogP contribution < -0.4 is 0 Å². The average Bonchev–Trinajstić information content (AvgIpc) is 2.14. The lowest BCUT2D eigenvalue weighted by Gasteiger charge is -2.03. The zero-order chi connectivity index (χ0) is 7.56. The van der Waals surface area contributed by atoms with Crippen LogP contribution in [0.4, 0.5) is 0 Å². The molecule has 1 aliphatic rings. The molecular formula is C6H7BrO2S. The van der Waals surface area contributed by atoms with Gasteiger partial charge in [0, 0.05) is 0 Å². The van der Waals surface area contributed by atoms with Gasteiger partial charge in [0.25, 0.3) is 0 Å². The molecule has 0 aromatic carbocycles. The highest BCUT2D eigenvalue weighted by Crippen LogP contribution is 2.25. The van der Waals surface area contributed by atoms with Crippen LogP contribution in [0.3, 0.4) is 0 Å². The second-order valence-corrected chi connectivity index (χ2v) is 3.97. The van der Waals surface area contributed by atoms with E-state index in [1.807, 2.05) is 6.92 Å². The summed E-state index contributed by atoms with van der Waals surface area (Å²) in [7, 11) is 0. The summed E-state index contributed by atoms with van der Waals surface area (Å²) < 4.78 is 5.44. The van der Waals surface area contributed by atoms with Crippen molar-refractivity contribution in [3.05, 3.63) is 10.6 Å². The highest BCUT2D eigenvalue weighted by atomic mass is 79.9. The van der Waals surface area contributed by atoms with Crippen molar-refractivity contribution < 1.29 is 9.53 Å². The number of cyclic esters (lactones) is 1. The van der Waals surface area contributed by atoms with Crippen LogP contribution in [0.2, 0.25) is 0 Å². The van der Waals surface area contributed by atoms with Crippen molar-refractivity contribution in [3.8, 4) is 0 Å². The first-order chi connectivity index (χ1) is 4.74. The Kier molecular flexibility index (Phi) is 2.80. The number of thioether (sulfide) groups is 1. The molecule has 0 bridgehead atoms. The van der Waals surface area contributed by atoms with Crippen molar-refractivity contribution in [1.29, 1.82) is 0 Å². The second-order valence-electron chi connectivity index (χ2n) is 1.74. The molecule has 2 nitrogen and oxygen atoms in total. The maximum Gasteiger partial charge on any atom is 0.346 e. The van der Waals surface area contributed by atoms with E-state index in [4.69, 9.17) is 4.74 Å². The molecule has 4 heteroatoms. The third kappa shape index (κ3) is 1.76. The highest BCUT2D eigenvalue weighted by molar-refractivity contribution is 9.12. The van der Waals surface area contributed by atoms with Crippen molar-refractivity contribution in [1.82, 2.24) is 0 Å². The van der Waals surface area contributed by atoms with Crippen molar-refractivity contribution in [2.24, 2.45) is 0 Å². The lowest BCUT2D eigenvalue weighted by molar-refractivity contribution is -0.136. The summed E-state index contributed by atoms with van der Waals surface area (Å²) in [6.07, 6.45) is 1.77. The van der Waals surface area contributed by atoms with Crippen LogP contribution >= 0.6 is 27.7 Å². The van der Waals surface area contributed by atoms with Crippen LogP contribution in [-0.2, 0) is 9.53 Å². The highest BCUT2D eigenvalue weighted by Gasteiger charge is 2.22. The van der Waals surface area contributed by atoms with E-state index in [0.29, 0.717) is 4.48 Å². The first-order valence-corrected chi connectivity index (χ1v) is 4.78. The van der Waals surface area contributed by atoms with Gasteiger partial charge in [0.15, 0.2) is 5.44 Å². The minimum absolute atomic E-state index is 0.0770. The molecule has 0 spiro atoms. The van der Waals surface area contributed by atoms with Gasteiger partial charge in [-0.25, -0.2) is 4.79 Å². The summed E-state index contributed by atoms with van der Waals surface area (Å²) in [4.78, 5) is 10.7. The predicted molar refractivity (Wildman–Crippen MR) is 45.0 cm³/mol. The first kappa shape index (κ1) is 8.14. The Morgan fingerprint density at radius 2 is 2.60 bits per heavy atom. The van der Waals surface area contributed by atoms with Crippen LogP contribution in [0, 0.1) is 0 Å². The Labute approximate surface area is 72.1 Å². The fraction of sp³-hybridized carbons (Fsp3) is 0.500. The van der Waals surface area contributed by atoms with E-state index in [1.54, 1.807) is 17.8 Å². The van der Waals surface area contributed by atoms with Gasteiger partial charge in [-0.2, -0.15) is 0 Å². The molecular weight excluding hydrogens is 216 g/mol. The maximum atomic E-state index is 10.7. The molecule has 1 aliphatic heterocycles. The normalized spacial score (nSPS) is 24.4. The Morgan fingerprint density at radius 1 is 1.90 bits per heavy atom. The van der Waals surface area contributed by atoms with Crippen LogP contribution in [0.5, 0.6) is 0 Å². The van der Waals surface area contributed by atoms with E-state index in [0.717, 1.165) is 5.75 Å². The van der Waals surface area contributed by atoms with Gasteiger partial charge in [-0.05, 0) is 27.8 Å². The molecule has 10 heavy (non-hydrogen) atoms. The zero-order valence-electron chi connectivity index (χ0n) is 5.46. The van der Waals surface area contributed by atoms with Crippen LogP contribution in [0.1, 0.15) is 6.92 Å². The molecule has 0 N–H and O–H groups in total. The largest absolute Gasteiger partial charge is 0.443 e. The molecule has 0 aromatic rings. The van der Waals surface area contributed by atoms with Gasteiger partial charge in [0.2, 0.25) is 0 Å². The Balaban J connectivity index is 2.48. The van der Waals surface area contributed by atoms with E-state index >= 15 is 0 Å². The van der Waals surface area contributed by atoms with Crippen LogP contribution in [0.25, 0.3) is 0 Å². The van der Waals surface area contributed by atoms with Crippen molar-refractivity contribution in [2.45, 2.75) is 12.4 Å². The minimum atomic E-state index is -0.258. The molecule has 0 saturated carbocycles. The lowest BCUT2D eigenvalue weighted by Crippen LogP contribution is -2.03. The summed E-state index contributed by atoms with van der Waals surface area (Å²) in [6.45, 7) is 2.03. The number of carbonyl (C=O) groups is 1. The standard InChI is InChI=1S/C6H7BrO2S/c1-2-10-5-3-4(7)6(8)9-5/h3,5H,2H2,1H3. The van der Waals surface area contributed by atoms with E-state index < -0.39 is 0 Å². The third-order valence-corrected chi connectivity index (χ3v) is 2.51. The number of esters is 1. The predicted octanol–water partition coefficient (Wildman–Crippen LogP) is 1.90. The topological polar surface area (TPSA) is 26.3 Å².